The summed E-state index contributed by atoms with van der Waals surface area (Å²) in [5, 5.41) is 7.81. The number of methoxy groups -OCH3 is 1. The first-order valence-corrected chi connectivity index (χ1v) is 7.19. The van der Waals surface area contributed by atoms with Gasteiger partial charge in [-0.3, -0.25) is 0 Å². The van der Waals surface area contributed by atoms with Gasteiger partial charge in [0, 0.05) is 0 Å². The molecule has 0 bridgehead atoms. The minimum Gasteiger partial charge on any atom is -0.494 e. The van der Waals surface area contributed by atoms with Crippen molar-refractivity contribution in [1.29, 1.82) is 0 Å². The van der Waals surface area contributed by atoms with Gasteiger partial charge in [0.1, 0.15) is 18.1 Å². The van der Waals surface area contributed by atoms with Crippen molar-refractivity contribution in [2.75, 3.05) is 7.11 Å². The topological polar surface area (TPSA) is 84.2 Å². The number of nitrogens with zero attached hydrogens (tertiary/aromatic N) is 5. The lowest BCUT2D eigenvalue weighted by atomic mass is 10.3. The van der Waals surface area contributed by atoms with Gasteiger partial charge in [-0.15, -0.1) is 18.3 Å². The molecular weight excluding hydrogens is 355 g/mol. The second-order valence-electron chi connectivity index (χ2n) is 4.89. The molecule has 0 amide bonds. The third-order valence-electron chi connectivity index (χ3n) is 3.06. The first kappa shape index (κ1) is 17.5. The summed E-state index contributed by atoms with van der Waals surface area (Å²) in [4.78, 5) is 7.90. The SMILES string of the molecule is COc1cnc(OCc2cn(-c3ccc(OC(F)(F)F)cc3)nn2)nc1. The number of alkyl halides is 3. The number of hydrogen-bond donors (Lipinski definition) is 0. The van der Waals surface area contributed by atoms with Crippen LogP contribution in [0.25, 0.3) is 5.69 Å². The zero-order valence-corrected chi connectivity index (χ0v) is 13.3. The Morgan fingerprint density at radius 1 is 1.04 bits per heavy atom. The average Bonchev–Trinajstić information content (AvgIpc) is 3.09. The molecular formula is C15H12F3N5O3. The predicted molar refractivity (Wildman–Crippen MR) is 81.0 cm³/mol. The highest BCUT2D eigenvalue weighted by molar-refractivity contribution is 5.36. The van der Waals surface area contributed by atoms with Gasteiger partial charge in [0.15, 0.2) is 5.75 Å². The van der Waals surface area contributed by atoms with Crippen LogP contribution in [-0.4, -0.2) is 38.4 Å². The molecule has 0 saturated heterocycles. The van der Waals surface area contributed by atoms with Crippen molar-refractivity contribution >= 4 is 0 Å². The average molecular weight is 367 g/mol. The number of ether oxygens (including phenoxy) is 3. The standard InChI is InChI=1S/C15H12F3N5O3/c1-24-13-6-19-14(20-7-13)25-9-10-8-23(22-21-10)11-2-4-12(5-3-11)26-15(16,17)18/h2-8H,9H2,1H3. The summed E-state index contributed by atoms with van der Waals surface area (Å²) in [5.74, 6) is 0.183. The maximum Gasteiger partial charge on any atom is 0.573 e. The van der Waals surface area contributed by atoms with E-state index in [9.17, 15) is 13.2 Å². The zero-order chi connectivity index (χ0) is 18.6. The fourth-order valence-corrected chi connectivity index (χ4v) is 1.91. The third-order valence-corrected chi connectivity index (χ3v) is 3.06. The van der Waals surface area contributed by atoms with Crippen LogP contribution in [0.3, 0.4) is 0 Å². The van der Waals surface area contributed by atoms with Crippen LogP contribution in [0.2, 0.25) is 0 Å². The van der Waals surface area contributed by atoms with Crippen molar-refractivity contribution < 1.29 is 27.4 Å². The van der Waals surface area contributed by atoms with Crippen molar-refractivity contribution in [2.45, 2.75) is 13.0 Å². The molecule has 0 unspecified atom stereocenters. The maximum atomic E-state index is 12.2. The van der Waals surface area contributed by atoms with Crippen molar-refractivity contribution in [2.24, 2.45) is 0 Å². The van der Waals surface area contributed by atoms with E-state index in [1.807, 2.05) is 0 Å². The summed E-state index contributed by atoms with van der Waals surface area (Å²) in [6.07, 6.45) is -0.237. The lowest BCUT2D eigenvalue weighted by Gasteiger charge is -2.08. The summed E-state index contributed by atoms with van der Waals surface area (Å²) in [6.45, 7) is 0.0710. The van der Waals surface area contributed by atoms with Crippen LogP contribution in [0.5, 0.6) is 17.5 Å². The van der Waals surface area contributed by atoms with E-state index in [0.29, 0.717) is 17.1 Å². The Balaban J connectivity index is 1.61. The van der Waals surface area contributed by atoms with E-state index in [-0.39, 0.29) is 18.4 Å². The van der Waals surface area contributed by atoms with Gasteiger partial charge in [-0.1, -0.05) is 5.21 Å². The number of benzene rings is 1. The highest BCUT2D eigenvalue weighted by Crippen LogP contribution is 2.23. The second-order valence-corrected chi connectivity index (χ2v) is 4.89. The molecule has 0 fully saturated rings. The van der Waals surface area contributed by atoms with Crippen molar-refractivity contribution in [3.63, 3.8) is 0 Å². The molecule has 2 heterocycles. The van der Waals surface area contributed by atoms with Crippen LogP contribution in [0.4, 0.5) is 13.2 Å². The Labute approximate surface area is 145 Å². The van der Waals surface area contributed by atoms with Crippen LogP contribution >= 0.6 is 0 Å². The quantitative estimate of drug-likeness (QED) is 0.662. The largest absolute Gasteiger partial charge is 0.573 e. The molecule has 1 aromatic carbocycles. The van der Waals surface area contributed by atoms with Crippen molar-refractivity contribution in [1.82, 2.24) is 25.0 Å². The number of rotatable bonds is 6. The molecule has 0 aliphatic rings. The predicted octanol–water partition coefficient (Wildman–Crippen LogP) is 2.54. The van der Waals surface area contributed by atoms with Crippen molar-refractivity contribution in [3.05, 3.63) is 48.5 Å². The monoisotopic (exact) mass is 367 g/mol. The molecule has 0 aliphatic carbocycles. The van der Waals surface area contributed by atoms with E-state index >= 15 is 0 Å². The Kier molecular flexibility index (Phi) is 4.87. The van der Waals surface area contributed by atoms with E-state index in [0.717, 1.165) is 0 Å². The van der Waals surface area contributed by atoms with Gasteiger partial charge < -0.3 is 14.2 Å². The van der Waals surface area contributed by atoms with Gasteiger partial charge in [-0.25, -0.2) is 4.68 Å². The molecule has 3 rings (SSSR count). The Hall–Kier alpha value is -3.37. The number of aromatic nitrogens is 5. The van der Waals surface area contributed by atoms with E-state index in [1.165, 1.54) is 48.5 Å². The fourth-order valence-electron chi connectivity index (χ4n) is 1.91. The van der Waals surface area contributed by atoms with Crippen LogP contribution in [0.1, 0.15) is 5.69 Å². The Morgan fingerprint density at radius 2 is 1.73 bits per heavy atom. The maximum absolute atomic E-state index is 12.2. The van der Waals surface area contributed by atoms with Gasteiger partial charge in [0.25, 0.3) is 0 Å². The minimum atomic E-state index is -4.73. The molecule has 8 nitrogen and oxygen atoms in total. The molecule has 136 valence electrons. The van der Waals surface area contributed by atoms with E-state index < -0.39 is 6.36 Å². The second kappa shape index (κ2) is 7.25. The van der Waals surface area contributed by atoms with Crippen LogP contribution < -0.4 is 14.2 Å². The van der Waals surface area contributed by atoms with Gasteiger partial charge in [0.2, 0.25) is 0 Å². The Morgan fingerprint density at radius 3 is 2.35 bits per heavy atom. The summed E-state index contributed by atoms with van der Waals surface area (Å²) in [7, 11) is 1.50. The highest BCUT2D eigenvalue weighted by Gasteiger charge is 2.30. The van der Waals surface area contributed by atoms with Gasteiger partial charge in [-0.05, 0) is 24.3 Å². The smallest absolute Gasteiger partial charge is 0.494 e. The highest BCUT2D eigenvalue weighted by atomic mass is 19.4. The molecule has 3 aromatic rings. The minimum absolute atomic E-state index is 0.0710. The van der Waals surface area contributed by atoms with E-state index in [2.05, 4.69) is 25.0 Å². The molecule has 0 spiro atoms. The van der Waals surface area contributed by atoms with E-state index in [1.54, 1.807) is 6.20 Å². The molecule has 11 heteroatoms. The van der Waals surface area contributed by atoms with E-state index in [4.69, 9.17) is 9.47 Å². The molecule has 26 heavy (non-hydrogen) atoms. The van der Waals surface area contributed by atoms with Gasteiger partial charge >= 0.3 is 12.4 Å². The first-order chi connectivity index (χ1) is 12.4. The van der Waals surface area contributed by atoms with Crippen LogP contribution in [0, 0.1) is 0 Å². The molecule has 0 aliphatic heterocycles. The summed E-state index contributed by atoms with van der Waals surface area (Å²) in [6, 6.07) is 5.37. The lowest BCUT2D eigenvalue weighted by Crippen LogP contribution is -2.17. The summed E-state index contributed by atoms with van der Waals surface area (Å²) in [5.41, 5.74) is 0.999. The van der Waals surface area contributed by atoms with Crippen molar-refractivity contribution in [3.8, 4) is 23.2 Å². The van der Waals surface area contributed by atoms with Crippen LogP contribution in [0.15, 0.2) is 42.9 Å². The molecule has 0 atom stereocenters. The Bertz CT molecular complexity index is 850. The molecule has 2 aromatic heterocycles. The molecule has 0 radical (unpaired) electrons. The van der Waals surface area contributed by atoms with Gasteiger partial charge in [-0.2, -0.15) is 9.97 Å². The third kappa shape index (κ3) is 4.59. The summed E-state index contributed by atoms with van der Waals surface area (Å²) >= 11 is 0. The normalized spacial score (nSPS) is 11.2. The first-order valence-electron chi connectivity index (χ1n) is 7.19. The summed E-state index contributed by atoms with van der Waals surface area (Å²) < 4.78 is 52.0. The van der Waals surface area contributed by atoms with Crippen LogP contribution in [-0.2, 0) is 6.61 Å². The fraction of sp³-hybridized carbons (Fsp3) is 0.200. The van der Waals surface area contributed by atoms with Gasteiger partial charge in [0.05, 0.1) is 31.4 Å². The zero-order valence-electron chi connectivity index (χ0n) is 13.3. The molecule has 0 N–H and O–H groups in total. The lowest BCUT2D eigenvalue weighted by molar-refractivity contribution is -0.274. The number of hydrogen-bond acceptors (Lipinski definition) is 7. The molecule has 0 saturated carbocycles. The number of halogens is 3.